The Morgan fingerprint density at radius 2 is 1.83 bits per heavy atom. The van der Waals surface area contributed by atoms with Gasteiger partial charge in [-0.25, -0.2) is 13.6 Å². The second-order valence-electron chi connectivity index (χ2n) is 8.01. The van der Waals surface area contributed by atoms with Gasteiger partial charge >= 0.3 is 12.5 Å². The van der Waals surface area contributed by atoms with E-state index in [4.69, 9.17) is 9.47 Å². The molecule has 0 saturated carbocycles. The summed E-state index contributed by atoms with van der Waals surface area (Å²) in [5.41, 5.74) is -0.235. The van der Waals surface area contributed by atoms with E-state index >= 15 is 0 Å². The van der Waals surface area contributed by atoms with E-state index in [0.29, 0.717) is 5.56 Å². The van der Waals surface area contributed by atoms with Gasteiger partial charge in [-0.15, -0.1) is 0 Å². The molecule has 1 heterocycles. The van der Waals surface area contributed by atoms with Gasteiger partial charge in [-0.3, -0.25) is 14.5 Å². The number of alkyl halides is 2. The van der Waals surface area contributed by atoms with Crippen LogP contribution >= 0.6 is 0 Å². The Morgan fingerprint density at radius 3 is 2.40 bits per heavy atom. The maximum Gasteiger partial charge on any atom is 0.414 e. The Morgan fingerprint density at radius 1 is 1.17 bits per heavy atom. The van der Waals surface area contributed by atoms with Crippen molar-refractivity contribution >= 4 is 29.1 Å². The molecular formula is C23H23F4N3O5. The molecular weight excluding hydrogens is 474 g/mol. The zero-order valence-corrected chi connectivity index (χ0v) is 19.0. The van der Waals surface area contributed by atoms with Crippen LogP contribution in [0.3, 0.4) is 0 Å². The fourth-order valence-corrected chi connectivity index (χ4v) is 3.48. The predicted octanol–water partition coefficient (Wildman–Crippen LogP) is 3.91. The summed E-state index contributed by atoms with van der Waals surface area (Å²) in [5, 5.41) is 4.60. The molecule has 0 unspecified atom stereocenters. The Kier molecular flexibility index (Phi) is 7.82. The first-order chi connectivity index (χ1) is 16.5. The lowest BCUT2D eigenvalue weighted by Gasteiger charge is -2.17. The highest BCUT2D eigenvalue weighted by Crippen LogP contribution is 2.33. The number of benzene rings is 1. The molecule has 0 bridgehead atoms. The zero-order chi connectivity index (χ0) is 25.9. The van der Waals surface area contributed by atoms with Crippen LogP contribution in [-0.4, -0.2) is 44.7 Å². The van der Waals surface area contributed by atoms with Crippen LogP contribution in [0.1, 0.15) is 25.3 Å². The van der Waals surface area contributed by atoms with Crippen molar-refractivity contribution in [3.63, 3.8) is 0 Å². The topological polar surface area (TPSA) is 97.0 Å². The molecule has 2 amide bonds. The van der Waals surface area contributed by atoms with E-state index in [2.05, 4.69) is 5.32 Å². The highest BCUT2D eigenvalue weighted by atomic mass is 19.3. The molecule has 12 heteroatoms. The number of ether oxygens (including phenoxy) is 2. The first-order valence-electron chi connectivity index (χ1n) is 10.5. The molecule has 35 heavy (non-hydrogen) atoms. The number of cyclic esters (lactones) is 1. The number of anilines is 3. The van der Waals surface area contributed by atoms with E-state index in [1.54, 1.807) is 0 Å². The van der Waals surface area contributed by atoms with Gasteiger partial charge in [-0.2, -0.15) is 8.78 Å². The molecule has 0 radical (unpaired) electrons. The number of carbonyl (C=O) groups excluding carboxylic acids is 2. The number of rotatable bonds is 8. The van der Waals surface area contributed by atoms with Crippen LogP contribution in [0.4, 0.5) is 39.4 Å². The van der Waals surface area contributed by atoms with Gasteiger partial charge in [-0.05, 0) is 29.7 Å². The zero-order valence-electron chi connectivity index (χ0n) is 19.0. The fourth-order valence-electron chi connectivity index (χ4n) is 3.48. The number of hydrogen-bond acceptors (Lipinski definition) is 6. The number of nitrogens with zero attached hydrogens (tertiary/aromatic N) is 1. The van der Waals surface area contributed by atoms with E-state index in [1.165, 1.54) is 25.3 Å². The molecule has 3 rings (SSSR count). The van der Waals surface area contributed by atoms with Crippen LogP contribution < -0.4 is 25.7 Å². The third-order valence-electron chi connectivity index (χ3n) is 5.26. The van der Waals surface area contributed by atoms with Crippen molar-refractivity contribution in [2.45, 2.75) is 32.3 Å². The lowest BCUT2D eigenvalue weighted by atomic mass is 10.0. The van der Waals surface area contributed by atoms with Crippen LogP contribution in [0.2, 0.25) is 0 Å². The van der Waals surface area contributed by atoms with Gasteiger partial charge in [-0.1, -0.05) is 13.8 Å². The average Bonchev–Trinajstić information content (AvgIpc) is 3.08. The Labute approximate surface area is 197 Å². The number of carbonyl (C=O) groups is 2. The first kappa shape index (κ1) is 25.8. The van der Waals surface area contributed by atoms with Crippen LogP contribution in [0, 0.1) is 11.6 Å². The van der Waals surface area contributed by atoms with E-state index in [9.17, 15) is 31.9 Å². The van der Waals surface area contributed by atoms with Gasteiger partial charge in [0.25, 0.3) is 5.91 Å². The number of hydrogen-bond donors (Lipinski definition) is 2. The number of nitrogens with one attached hydrogen (secondary N) is 2. The summed E-state index contributed by atoms with van der Waals surface area (Å²) in [6, 6.07) is 5.91. The molecule has 1 saturated heterocycles. The van der Waals surface area contributed by atoms with Crippen molar-refractivity contribution in [2.75, 3.05) is 30.4 Å². The smallest absolute Gasteiger partial charge is 0.414 e. The van der Waals surface area contributed by atoms with Crippen LogP contribution in [0.15, 0.2) is 35.1 Å². The molecule has 2 aromatic carbocycles. The van der Waals surface area contributed by atoms with Gasteiger partial charge in [0, 0.05) is 17.8 Å². The Hall–Kier alpha value is -3.83. The molecule has 0 spiro atoms. The molecule has 2 aromatic rings. The molecule has 0 aromatic heterocycles. The van der Waals surface area contributed by atoms with Crippen LogP contribution in [-0.2, 0) is 9.53 Å². The first-order valence-corrected chi connectivity index (χ1v) is 10.5. The third-order valence-corrected chi connectivity index (χ3v) is 5.26. The summed E-state index contributed by atoms with van der Waals surface area (Å²) in [5.74, 6) is -3.64. The second kappa shape index (κ2) is 10.6. The maximum absolute atomic E-state index is 15.0. The molecule has 1 aliphatic heterocycles. The summed E-state index contributed by atoms with van der Waals surface area (Å²) >= 11 is 0. The van der Waals surface area contributed by atoms with Crippen LogP contribution in [0.25, 0.3) is 0 Å². The fraction of sp³-hybridized carbons (Fsp3) is 0.348. The number of methoxy groups -OCH3 is 1. The second-order valence-corrected chi connectivity index (χ2v) is 8.01. The van der Waals surface area contributed by atoms with E-state index in [-0.39, 0.29) is 36.1 Å². The molecule has 1 aliphatic rings. The van der Waals surface area contributed by atoms with E-state index < -0.39 is 47.3 Å². The Bertz CT molecular complexity index is 1170. The number of halogens is 4. The van der Waals surface area contributed by atoms with Crippen molar-refractivity contribution < 1.29 is 36.6 Å². The molecule has 1 atom stereocenters. The van der Waals surface area contributed by atoms with Gasteiger partial charge in [0.05, 0.1) is 25.9 Å². The van der Waals surface area contributed by atoms with Gasteiger partial charge in [0.1, 0.15) is 11.8 Å². The summed E-state index contributed by atoms with van der Waals surface area (Å²) in [7, 11) is 1.34. The van der Waals surface area contributed by atoms with Crippen LogP contribution in [0.5, 0.6) is 5.75 Å². The maximum atomic E-state index is 15.0. The predicted molar refractivity (Wildman–Crippen MR) is 120 cm³/mol. The van der Waals surface area contributed by atoms with Gasteiger partial charge in [0.15, 0.2) is 17.4 Å². The largest absolute Gasteiger partial charge is 0.493 e. The lowest BCUT2D eigenvalue weighted by molar-refractivity contribution is -0.132. The normalized spacial score (nSPS) is 15.4. The van der Waals surface area contributed by atoms with Crippen molar-refractivity contribution in [2.24, 2.45) is 0 Å². The van der Waals surface area contributed by atoms with Gasteiger partial charge < -0.3 is 20.1 Å². The summed E-state index contributed by atoms with van der Waals surface area (Å²) in [4.78, 5) is 36.2. The quantitative estimate of drug-likeness (QED) is 0.537. The van der Waals surface area contributed by atoms with Crippen molar-refractivity contribution in [3.05, 3.63) is 57.8 Å². The molecule has 1 fully saturated rings. The minimum absolute atomic E-state index is 0.0740. The molecule has 2 N–H and O–H groups in total. The average molecular weight is 497 g/mol. The SMILES string of the molecule is COc1cc(C(C)C)c(Nc2c(F)cc(N3C[C@H](CNC(=O)C(F)F)OC3=O)cc2F)ccc1=O. The minimum atomic E-state index is -3.23. The van der Waals surface area contributed by atoms with Gasteiger partial charge in [0.2, 0.25) is 5.43 Å². The van der Waals surface area contributed by atoms with Crippen molar-refractivity contribution in [3.8, 4) is 5.75 Å². The minimum Gasteiger partial charge on any atom is -0.493 e. The van der Waals surface area contributed by atoms with Crippen molar-refractivity contribution in [1.29, 1.82) is 0 Å². The van der Waals surface area contributed by atoms with E-state index in [1.807, 2.05) is 19.2 Å². The van der Waals surface area contributed by atoms with Crippen molar-refractivity contribution in [1.82, 2.24) is 5.32 Å². The molecule has 188 valence electrons. The lowest BCUT2D eigenvalue weighted by Crippen LogP contribution is -2.37. The summed E-state index contributed by atoms with van der Waals surface area (Å²) < 4.78 is 64.6. The monoisotopic (exact) mass is 497 g/mol. The standard InChI is InChI=1S/C23H23F4N3O5/c1-11(2)14-8-19(34-3)18(31)5-4-17(14)29-20-15(24)6-12(7-16(20)25)30-10-13(35-23(30)33)9-28-22(32)21(26)27/h4-8,11,13,21,29H,9-10H2,1-3H3,(H,28,32)/t13-/m0/s1. The number of amides is 2. The summed E-state index contributed by atoms with van der Waals surface area (Å²) in [6.07, 6.45) is -5.16. The van der Waals surface area contributed by atoms with E-state index in [0.717, 1.165) is 17.0 Å². The highest BCUT2D eigenvalue weighted by molar-refractivity contribution is 5.90. The third kappa shape index (κ3) is 5.81. The Balaban J connectivity index is 1.85. The highest BCUT2D eigenvalue weighted by Gasteiger charge is 2.34. The summed E-state index contributed by atoms with van der Waals surface area (Å²) in [6.45, 7) is 3.06. The molecule has 8 nitrogen and oxygen atoms in total. The molecule has 0 aliphatic carbocycles.